The number of piperidine rings is 4. The number of para-hydroxylation sites is 1. The van der Waals surface area contributed by atoms with Gasteiger partial charge in [0.05, 0.1) is 123 Å². The van der Waals surface area contributed by atoms with E-state index in [4.69, 9.17) is 75.3 Å². The number of sulfonamides is 4. The van der Waals surface area contributed by atoms with Crippen LogP contribution in [0.2, 0.25) is 20.6 Å². The summed E-state index contributed by atoms with van der Waals surface area (Å²) in [5, 5.41) is 19.0. The fourth-order valence-electron chi connectivity index (χ4n) is 16.6. The summed E-state index contributed by atoms with van der Waals surface area (Å²) < 4.78 is 154. The fourth-order valence-corrected chi connectivity index (χ4v) is 20.9. The van der Waals surface area contributed by atoms with Crippen molar-refractivity contribution < 1.29 is 61.4 Å². The van der Waals surface area contributed by atoms with E-state index in [-0.39, 0.29) is 70.0 Å². The molecule has 0 spiro atoms. The molecule has 0 radical (unpaired) electrons. The minimum Gasteiger partial charge on any atom is -0.474 e. The monoisotopic (exact) mass is 2060 g/mol. The predicted molar refractivity (Wildman–Crippen MR) is 522 cm³/mol. The Hall–Kier alpha value is -12.4. The number of hydrogen-bond donors (Lipinski definition) is 8. The lowest BCUT2D eigenvalue weighted by atomic mass is 10.0. The third-order valence-electron chi connectivity index (χ3n) is 23.8. The number of pyridine rings is 2. The molecule has 20 rings (SSSR count). The molecule has 16 heterocycles. The molecule has 52 heteroatoms. The van der Waals surface area contributed by atoms with E-state index in [2.05, 4.69) is 121 Å². The van der Waals surface area contributed by atoms with Gasteiger partial charge in [0.15, 0.2) is 57.5 Å². The summed E-state index contributed by atoms with van der Waals surface area (Å²) in [5.41, 5.74) is 7.41. The van der Waals surface area contributed by atoms with Crippen LogP contribution in [0.4, 0.5) is 32.1 Å². The summed E-state index contributed by atoms with van der Waals surface area (Å²) in [6, 6.07) is 27.0. The topological polar surface area (TPSA) is 530 Å². The average Bonchev–Trinajstić information content (AvgIpc) is 1.75. The highest BCUT2D eigenvalue weighted by atomic mass is 35.5. The van der Waals surface area contributed by atoms with E-state index in [1.165, 1.54) is 61.2 Å². The number of ether oxygens (including phenoxy) is 4. The van der Waals surface area contributed by atoms with Gasteiger partial charge in [0.25, 0.3) is 0 Å². The second-order valence-electron chi connectivity index (χ2n) is 33.8. The van der Waals surface area contributed by atoms with E-state index in [1.54, 1.807) is 30.6 Å². The molecule has 0 bridgehead atoms. The largest absolute Gasteiger partial charge is 0.474 e. The molecule has 0 saturated carbocycles. The molecule has 12 aromatic heterocycles. The van der Waals surface area contributed by atoms with Gasteiger partial charge in [-0.3, -0.25) is 0 Å². The molecule has 4 atom stereocenters. The molecule has 4 saturated heterocycles. The van der Waals surface area contributed by atoms with Crippen molar-refractivity contribution in [3.05, 3.63) is 178 Å². The Balaban J connectivity index is 0.000000128. The van der Waals surface area contributed by atoms with Crippen molar-refractivity contribution in [1.82, 2.24) is 127 Å². The van der Waals surface area contributed by atoms with Crippen molar-refractivity contribution >= 4 is 198 Å². The maximum atomic E-state index is 13.9. The number of aromatic nitrogens is 22. The lowest BCUT2D eigenvalue weighted by molar-refractivity contribution is 0.131. The molecule has 4 fully saturated rings. The molecular formula is C87H94Cl4F2N30O12S4. The Morgan fingerprint density at radius 2 is 0.683 bits per heavy atom. The van der Waals surface area contributed by atoms with Crippen LogP contribution < -0.4 is 40.2 Å². The Morgan fingerprint density at radius 1 is 0.360 bits per heavy atom. The van der Waals surface area contributed by atoms with E-state index in [1.807, 2.05) is 101 Å². The number of rotatable bonds is 24. The van der Waals surface area contributed by atoms with E-state index in [0.717, 1.165) is 38.2 Å². The third kappa shape index (κ3) is 23.1. The maximum absolute atomic E-state index is 13.9. The van der Waals surface area contributed by atoms with Crippen molar-refractivity contribution in [2.75, 3.05) is 98.6 Å². The molecule has 8 N–H and O–H groups in total. The van der Waals surface area contributed by atoms with Gasteiger partial charge in [-0.1, -0.05) is 71.7 Å². The summed E-state index contributed by atoms with van der Waals surface area (Å²) in [6.07, 6.45) is 12.8. The summed E-state index contributed by atoms with van der Waals surface area (Å²) >= 11 is 25.1. The second kappa shape index (κ2) is 41.2. The van der Waals surface area contributed by atoms with Crippen LogP contribution in [0.3, 0.4) is 0 Å². The zero-order chi connectivity index (χ0) is 98.1. The Bertz CT molecular complexity index is 7230. The fraction of sp³-hybridized carbons (Fsp3) is 0.379. The number of halogens is 6. The van der Waals surface area contributed by atoms with Crippen molar-refractivity contribution in [3.8, 4) is 23.5 Å². The SMILES string of the molecule is C[C@H](Nc1nc(Cl)nc2nc[nH]c12)c1cc2cccc(Cl)c2c(OC2CCN(S(C)(=O)=O)CC2)n1.C[C@H](Nc1nc(F)nc2nc[nH]c12)c1nc(OC2CCN(S(C)(=O)=O)CC2)c2c(Cl)cccc2n1.C[C@H](Nc1nc(F)nc2nc[nH]c12)c1nc(OC2CCN(S(C)(=O)=O)CC2)c2ccccc2n1.Cc1cccc2cc([C@H](C)Nc3nc(Cl)nc4nc[nH]c34)nc(OC3CCN(S(C)(=O)=O)CC3)c12. The first-order chi connectivity index (χ1) is 66.3. The minimum atomic E-state index is -3.25. The molecule has 42 nitrogen and oxygen atoms in total. The van der Waals surface area contributed by atoms with Gasteiger partial charge in [-0.2, -0.15) is 58.6 Å². The zero-order valence-electron chi connectivity index (χ0n) is 76.0. The van der Waals surface area contributed by atoms with Crippen LogP contribution in [0.5, 0.6) is 23.5 Å². The van der Waals surface area contributed by atoms with Crippen molar-refractivity contribution in [1.29, 1.82) is 0 Å². The number of nitrogens with zero attached hydrogens (tertiary/aromatic N) is 22. The highest BCUT2D eigenvalue weighted by molar-refractivity contribution is 7.89. The van der Waals surface area contributed by atoms with Crippen molar-refractivity contribution in [2.24, 2.45) is 0 Å². The Labute approximate surface area is 814 Å². The second-order valence-corrected chi connectivity index (χ2v) is 43.2. The summed E-state index contributed by atoms with van der Waals surface area (Å²) in [7, 11) is -12.9. The number of fused-ring (bicyclic) bond motifs is 8. The number of imidazole rings is 4. The number of aromatic amines is 4. The smallest absolute Gasteiger partial charge is 0.312 e. The van der Waals surface area contributed by atoms with Crippen molar-refractivity contribution in [2.45, 2.75) is 135 Å². The quantitative estimate of drug-likeness (QED) is 0.0260. The van der Waals surface area contributed by atoms with E-state index in [0.29, 0.717) is 216 Å². The number of anilines is 4. The molecule has 0 unspecified atom stereocenters. The lowest BCUT2D eigenvalue weighted by Crippen LogP contribution is -2.41. The van der Waals surface area contributed by atoms with Gasteiger partial charge in [0.1, 0.15) is 46.5 Å². The molecule has 730 valence electrons. The predicted octanol–water partition coefficient (Wildman–Crippen LogP) is 13.5. The molecular weight excluding hydrogens is 1970 g/mol. The van der Waals surface area contributed by atoms with Gasteiger partial charge >= 0.3 is 12.2 Å². The van der Waals surface area contributed by atoms with Crippen LogP contribution >= 0.6 is 46.4 Å². The average molecular weight is 2060 g/mol. The van der Waals surface area contributed by atoms with Gasteiger partial charge in [0, 0.05) is 57.7 Å². The molecule has 4 aliphatic rings. The van der Waals surface area contributed by atoms with Crippen LogP contribution in [0.15, 0.2) is 116 Å². The maximum Gasteiger partial charge on any atom is 0.312 e. The molecule has 0 aliphatic carbocycles. The van der Waals surface area contributed by atoms with Crippen LogP contribution in [0.25, 0.3) is 88.0 Å². The zero-order valence-corrected chi connectivity index (χ0v) is 82.3. The first kappa shape index (κ1) is 98.3. The normalized spacial score (nSPS) is 16.6. The minimum absolute atomic E-state index is 0.0852. The highest BCUT2D eigenvalue weighted by Gasteiger charge is 2.34. The van der Waals surface area contributed by atoms with Crippen LogP contribution in [-0.4, -0.2) is 262 Å². The number of benzene rings is 4. The van der Waals surface area contributed by atoms with Crippen LogP contribution in [0, 0.1) is 19.1 Å². The standard InChI is InChI=1S/C23H26ClN7O3S.C22H23Cl2N7O3S.C21H22ClFN8O3S.C21H23FN8O3S/c1-13-5-4-6-15-11-17(14(2)27-21-19-20(26-12-25-19)29-23(24)30-21)28-22(18(13)15)34-16-7-9-31(10-8-16)35(3,32)33;1-12(27-20-18-19(26-11-25-18)29-22(24)30-20)16-10-13-4-3-5-15(23)17(13)21(28-16)34-14-6-8-31(9-7-14)35(2,32)33;1-11(26-19-16-18(25-10-24-16)29-21(23)30-19)17-27-14-5-3-4-13(22)15(14)20(28-17)34-12-6-8-31(9-7-12)35(2,32)33;1-12(25-19-16-18(24-11-23-16)28-21(22)29-19)17-26-15-6-4-3-5-14(15)20(27-17)33-13-7-9-30(10-8-13)34(2,31)32/h4-6,11-12,14,16H,7-10H2,1-3H3,(H2,25,26,27,29,30);3-5,10-12,14H,6-9H2,1-2H3,(H2,25,26,27,29,30);3-5,10-12H,6-9H2,1-2H3,(H2,24,25,26,29,30);3-6,11-13H,7-10H2,1-2H3,(H2,23,24,25,28,29)/t14-;12-;11-;12-/m0000/s1. The summed E-state index contributed by atoms with van der Waals surface area (Å²) in [4.78, 5) is 88.3. The lowest BCUT2D eigenvalue weighted by Gasteiger charge is -2.30. The van der Waals surface area contributed by atoms with E-state index < -0.39 is 64.3 Å². The summed E-state index contributed by atoms with van der Waals surface area (Å²) in [6.45, 7) is 12.8. The molecule has 139 heavy (non-hydrogen) atoms. The van der Waals surface area contributed by atoms with Gasteiger partial charge in [-0.05, 0) is 168 Å². The number of aryl methyl sites for hydroxylation is 1. The van der Waals surface area contributed by atoms with Crippen LogP contribution in [-0.2, 0) is 40.1 Å². The van der Waals surface area contributed by atoms with Crippen LogP contribution in [0.1, 0.15) is 132 Å². The Kier molecular flexibility index (Phi) is 29.1. The van der Waals surface area contributed by atoms with Gasteiger partial charge in [-0.15, -0.1) is 0 Å². The first-order valence-corrected chi connectivity index (χ1v) is 53.0. The van der Waals surface area contributed by atoms with E-state index >= 15 is 0 Å². The van der Waals surface area contributed by atoms with Gasteiger partial charge in [-0.25, -0.2) is 90.8 Å². The number of nitrogens with one attached hydrogen (secondary N) is 8. The Morgan fingerprint density at radius 3 is 1.10 bits per heavy atom. The summed E-state index contributed by atoms with van der Waals surface area (Å²) in [5.74, 6) is 4.04. The molecule has 16 aromatic rings. The highest BCUT2D eigenvalue weighted by Crippen LogP contribution is 2.40. The number of hydrogen-bond acceptors (Lipinski definition) is 34. The van der Waals surface area contributed by atoms with Gasteiger partial charge in [0.2, 0.25) is 74.2 Å². The van der Waals surface area contributed by atoms with Gasteiger partial charge < -0.3 is 60.2 Å². The molecule has 4 aliphatic heterocycles. The first-order valence-electron chi connectivity index (χ1n) is 44.1. The molecule has 0 amide bonds. The third-order valence-corrected chi connectivity index (χ3v) is 30.0. The van der Waals surface area contributed by atoms with Crippen molar-refractivity contribution in [3.63, 3.8) is 0 Å². The van der Waals surface area contributed by atoms with E-state index in [9.17, 15) is 42.5 Å². The number of H-pyrrole nitrogens is 4. The molecule has 4 aromatic carbocycles.